The molecule has 0 aromatic heterocycles. The van der Waals surface area contributed by atoms with Gasteiger partial charge in [0.25, 0.3) is 5.69 Å². The number of benzene rings is 2. The van der Waals surface area contributed by atoms with E-state index in [9.17, 15) is 14.5 Å². The van der Waals surface area contributed by atoms with Crippen molar-refractivity contribution in [3.05, 3.63) is 64.0 Å². The minimum Gasteiger partial charge on any atom is -0.388 e. The van der Waals surface area contributed by atoms with Crippen molar-refractivity contribution >= 4 is 17.1 Å². The van der Waals surface area contributed by atoms with Crippen LogP contribution in [-0.2, 0) is 6.54 Å². The van der Waals surface area contributed by atoms with Crippen molar-refractivity contribution in [2.24, 2.45) is 0 Å². The smallest absolute Gasteiger partial charge is 0.273 e. The fourth-order valence-electron chi connectivity index (χ4n) is 1.81. The van der Waals surface area contributed by atoms with Crippen LogP contribution >= 0.6 is 0 Å². The summed E-state index contributed by atoms with van der Waals surface area (Å²) in [6.07, 6.45) is 0. The number of hydrogen-bond donors (Lipinski definition) is 2. The van der Waals surface area contributed by atoms with Crippen LogP contribution in [0.25, 0.3) is 0 Å². The Kier molecular flexibility index (Phi) is 4.14. The molecular weight excluding hydrogens is 261 g/mol. The predicted molar refractivity (Wildman–Crippen MR) is 76.4 cm³/mol. The first kappa shape index (κ1) is 13.8. The lowest BCUT2D eigenvalue weighted by atomic mass is 10.2. The Morgan fingerprint density at radius 1 is 1.20 bits per heavy atom. The third kappa shape index (κ3) is 3.44. The maximum atomic E-state index is 13.1. The van der Waals surface area contributed by atoms with Gasteiger partial charge < -0.3 is 10.6 Å². The van der Waals surface area contributed by atoms with E-state index in [0.717, 1.165) is 5.56 Å². The molecule has 5 nitrogen and oxygen atoms in total. The third-order valence-corrected chi connectivity index (χ3v) is 2.80. The van der Waals surface area contributed by atoms with Gasteiger partial charge in [0.1, 0.15) is 5.82 Å². The van der Waals surface area contributed by atoms with Crippen molar-refractivity contribution in [1.29, 1.82) is 0 Å². The second-order valence-corrected chi connectivity index (χ2v) is 4.26. The Hall–Kier alpha value is -2.63. The molecule has 104 valence electrons. The van der Waals surface area contributed by atoms with E-state index in [1.54, 1.807) is 25.2 Å². The van der Waals surface area contributed by atoms with E-state index >= 15 is 0 Å². The maximum Gasteiger partial charge on any atom is 0.273 e. The van der Waals surface area contributed by atoms with Gasteiger partial charge in [-0.3, -0.25) is 10.1 Å². The molecule has 0 unspecified atom stereocenters. The van der Waals surface area contributed by atoms with Crippen molar-refractivity contribution in [3.8, 4) is 0 Å². The summed E-state index contributed by atoms with van der Waals surface area (Å²) in [5.41, 5.74) is 2.01. The van der Waals surface area contributed by atoms with Crippen molar-refractivity contribution in [3.63, 3.8) is 0 Å². The lowest BCUT2D eigenvalue weighted by molar-refractivity contribution is -0.384. The van der Waals surface area contributed by atoms with Crippen LogP contribution in [-0.4, -0.2) is 12.0 Å². The van der Waals surface area contributed by atoms with Crippen molar-refractivity contribution in [2.75, 3.05) is 17.7 Å². The van der Waals surface area contributed by atoms with E-state index in [1.807, 2.05) is 0 Å². The van der Waals surface area contributed by atoms with E-state index in [1.165, 1.54) is 24.3 Å². The zero-order valence-electron chi connectivity index (χ0n) is 10.9. The van der Waals surface area contributed by atoms with Gasteiger partial charge in [0.2, 0.25) is 0 Å². The molecule has 0 aliphatic carbocycles. The Balaban J connectivity index is 2.16. The number of nitro groups is 1. The molecule has 0 aliphatic heterocycles. The van der Waals surface area contributed by atoms with Crippen LogP contribution in [0.2, 0.25) is 0 Å². The Morgan fingerprint density at radius 3 is 2.60 bits per heavy atom. The van der Waals surface area contributed by atoms with Gasteiger partial charge >= 0.3 is 0 Å². The quantitative estimate of drug-likeness (QED) is 0.648. The van der Waals surface area contributed by atoms with Crippen LogP contribution in [0.15, 0.2) is 42.5 Å². The summed E-state index contributed by atoms with van der Waals surface area (Å²) in [5, 5.41) is 16.8. The summed E-state index contributed by atoms with van der Waals surface area (Å²) in [4.78, 5) is 10.4. The highest BCUT2D eigenvalue weighted by atomic mass is 19.1. The normalized spacial score (nSPS) is 10.1. The van der Waals surface area contributed by atoms with Crippen molar-refractivity contribution in [1.82, 2.24) is 0 Å². The van der Waals surface area contributed by atoms with Crippen LogP contribution in [0, 0.1) is 15.9 Å². The van der Waals surface area contributed by atoms with Gasteiger partial charge in [-0.1, -0.05) is 12.1 Å². The lowest BCUT2D eigenvalue weighted by Crippen LogP contribution is -2.01. The first-order chi connectivity index (χ1) is 9.58. The molecule has 0 aliphatic rings. The number of halogens is 1. The molecule has 0 saturated carbocycles. The van der Waals surface area contributed by atoms with Gasteiger partial charge in [0.05, 0.1) is 4.92 Å². The van der Waals surface area contributed by atoms with Crippen molar-refractivity contribution < 1.29 is 9.31 Å². The first-order valence-electron chi connectivity index (χ1n) is 6.04. The average Bonchev–Trinajstić information content (AvgIpc) is 2.45. The largest absolute Gasteiger partial charge is 0.388 e. The standard InChI is InChI=1S/C14H14FN3O2/c1-16-12-6-13(8-14(7-12)18(19)20)17-9-10-3-2-4-11(15)5-10/h2-8,16-17H,9H2,1H3. The predicted octanol–water partition coefficient (Wildman–Crippen LogP) is 3.39. The van der Waals surface area contributed by atoms with Gasteiger partial charge in [-0.2, -0.15) is 0 Å². The number of anilines is 2. The summed E-state index contributed by atoms with van der Waals surface area (Å²) >= 11 is 0. The molecule has 2 rings (SSSR count). The van der Waals surface area contributed by atoms with Crippen molar-refractivity contribution in [2.45, 2.75) is 6.54 Å². The Labute approximate surface area is 115 Å². The van der Waals surface area contributed by atoms with E-state index < -0.39 is 4.92 Å². The highest BCUT2D eigenvalue weighted by molar-refractivity contribution is 5.63. The van der Waals surface area contributed by atoms with Crippen LogP contribution in [0.1, 0.15) is 5.56 Å². The van der Waals surface area contributed by atoms with Crippen LogP contribution < -0.4 is 10.6 Å². The Morgan fingerprint density at radius 2 is 1.95 bits per heavy atom. The van der Waals surface area contributed by atoms with Crippen LogP contribution in [0.4, 0.5) is 21.5 Å². The van der Waals surface area contributed by atoms with E-state index in [2.05, 4.69) is 10.6 Å². The molecule has 0 heterocycles. The second-order valence-electron chi connectivity index (χ2n) is 4.26. The first-order valence-corrected chi connectivity index (χ1v) is 6.04. The van der Waals surface area contributed by atoms with E-state index in [0.29, 0.717) is 17.9 Å². The summed E-state index contributed by atoms with van der Waals surface area (Å²) in [6.45, 7) is 0.391. The number of non-ortho nitro benzene ring substituents is 1. The van der Waals surface area contributed by atoms with Crippen LogP contribution in [0.3, 0.4) is 0 Å². The summed E-state index contributed by atoms with van der Waals surface area (Å²) in [7, 11) is 1.69. The SMILES string of the molecule is CNc1cc(NCc2cccc(F)c2)cc([N+](=O)[O-])c1. The topological polar surface area (TPSA) is 67.2 Å². The molecule has 20 heavy (non-hydrogen) atoms. The van der Waals surface area contributed by atoms with E-state index in [-0.39, 0.29) is 11.5 Å². The second kappa shape index (κ2) is 6.01. The molecule has 0 bridgehead atoms. The molecule has 0 saturated heterocycles. The van der Waals surface area contributed by atoms with E-state index in [4.69, 9.17) is 0 Å². The maximum absolute atomic E-state index is 13.1. The molecule has 2 aromatic carbocycles. The van der Waals surface area contributed by atoms with Gasteiger partial charge in [-0.05, 0) is 23.8 Å². The van der Waals surface area contributed by atoms with Gasteiger partial charge in [-0.25, -0.2) is 4.39 Å². The van der Waals surface area contributed by atoms with Gasteiger partial charge in [0, 0.05) is 37.1 Å². The molecule has 0 fully saturated rings. The number of nitrogens with one attached hydrogen (secondary N) is 2. The fraction of sp³-hybridized carbons (Fsp3) is 0.143. The summed E-state index contributed by atoms with van der Waals surface area (Å²) in [6, 6.07) is 10.9. The molecule has 2 N–H and O–H groups in total. The van der Waals surface area contributed by atoms with Gasteiger partial charge in [-0.15, -0.1) is 0 Å². The zero-order valence-corrected chi connectivity index (χ0v) is 10.9. The summed E-state index contributed by atoms with van der Waals surface area (Å²) in [5.74, 6) is -0.306. The summed E-state index contributed by atoms with van der Waals surface area (Å²) < 4.78 is 13.1. The highest BCUT2D eigenvalue weighted by Gasteiger charge is 2.09. The minimum atomic E-state index is -0.450. The molecule has 0 spiro atoms. The monoisotopic (exact) mass is 275 g/mol. The molecule has 0 radical (unpaired) electrons. The highest BCUT2D eigenvalue weighted by Crippen LogP contribution is 2.24. The molecule has 2 aromatic rings. The zero-order chi connectivity index (χ0) is 14.5. The van der Waals surface area contributed by atoms with Crippen LogP contribution in [0.5, 0.6) is 0 Å². The lowest BCUT2D eigenvalue weighted by Gasteiger charge is -2.09. The fourth-order valence-corrected chi connectivity index (χ4v) is 1.81. The minimum absolute atomic E-state index is 0.00130. The third-order valence-electron chi connectivity index (χ3n) is 2.80. The number of rotatable bonds is 5. The number of nitro benzene ring substituents is 1. The molecule has 0 amide bonds. The Bertz CT molecular complexity index is 632. The average molecular weight is 275 g/mol. The van der Waals surface area contributed by atoms with Gasteiger partial charge in [0.15, 0.2) is 0 Å². The molecular formula is C14H14FN3O2. The molecule has 0 atom stereocenters. The number of hydrogen-bond acceptors (Lipinski definition) is 4. The molecule has 6 heteroatoms. The number of nitrogens with zero attached hydrogens (tertiary/aromatic N) is 1.